The molecule has 5 rings (SSSR count). The molecule has 0 saturated heterocycles. The highest BCUT2D eigenvalue weighted by Crippen LogP contribution is 2.40. The van der Waals surface area contributed by atoms with Crippen LogP contribution in [-0.4, -0.2) is 71.3 Å². The van der Waals surface area contributed by atoms with Crippen LogP contribution in [0, 0.1) is 5.82 Å². The minimum absolute atomic E-state index is 0.0179. The van der Waals surface area contributed by atoms with Crippen molar-refractivity contribution in [2.45, 2.75) is 53.0 Å². The molecule has 3 aromatic rings. The molecule has 0 spiro atoms. The first-order chi connectivity index (χ1) is 18.3. The number of hydrogen-bond acceptors (Lipinski definition) is 8. The number of fused-ring (bicyclic) bond motifs is 1. The Morgan fingerprint density at radius 2 is 1.95 bits per heavy atom. The number of pyridine rings is 1. The molecule has 212 valence electrons. The quantitative estimate of drug-likeness (QED) is 0.262. The first kappa shape index (κ1) is 28.8. The maximum Gasteiger partial charge on any atom is 0.245 e. The summed E-state index contributed by atoms with van der Waals surface area (Å²) in [6, 6.07) is 0. The van der Waals surface area contributed by atoms with Crippen LogP contribution in [0.15, 0.2) is 23.4 Å². The molecule has 1 unspecified atom stereocenters. The highest BCUT2D eigenvalue weighted by molar-refractivity contribution is 14.1. The first-order valence-electron chi connectivity index (χ1n) is 11.9. The van der Waals surface area contributed by atoms with Gasteiger partial charge in [-0.1, -0.05) is 17.4 Å². The molecule has 2 aliphatic rings. The summed E-state index contributed by atoms with van der Waals surface area (Å²) in [6.07, 6.45) is 4.63. The van der Waals surface area contributed by atoms with Crippen molar-refractivity contribution < 1.29 is 30.0 Å². The molecule has 17 heteroatoms. The van der Waals surface area contributed by atoms with E-state index in [-0.39, 0.29) is 59.3 Å². The molecule has 1 N–H and O–H groups in total. The Balaban J connectivity index is 1.67. The molecule has 10 nitrogen and oxygen atoms in total. The highest BCUT2D eigenvalue weighted by Gasteiger charge is 2.47. The van der Waals surface area contributed by atoms with Gasteiger partial charge in [-0.2, -0.15) is 4.31 Å². The number of nitrogens with one attached hydrogen (secondary N) is 1. The Kier molecular flexibility index (Phi) is 7.62. The van der Waals surface area contributed by atoms with E-state index in [0.29, 0.717) is 5.57 Å². The standard InChI is InChI=1S/C22H24F3IN6O4S3/c1-12(2)39(35,36)31-7-3-13(4-8-31)16-14-9-27-19(21-29-28-20(37-21)18(25)26)32(14)10-15(17(16)24)38(33,34)30-22(11-23)5-6-22/h3,9-10,12,18,30H,4-8,11H2,1-2H3. The average molecular weight is 717 g/mol. The van der Waals surface area contributed by atoms with Gasteiger partial charge in [0, 0.05) is 24.8 Å². The van der Waals surface area contributed by atoms with Gasteiger partial charge in [-0.15, -0.1) is 10.2 Å². The van der Waals surface area contributed by atoms with Crippen LogP contribution in [0.5, 0.6) is 0 Å². The molecule has 0 aromatic carbocycles. The summed E-state index contributed by atoms with van der Waals surface area (Å²) >= 11 is 2.45. The molecule has 0 radical (unpaired) electrons. The lowest BCUT2D eigenvalue weighted by molar-refractivity contribution is 0.392. The van der Waals surface area contributed by atoms with Crippen molar-refractivity contribution in [1.29, 1.82) is 0 Å². The van der Waals surface area contributed by atoms with Gasteiger partial charge < -0.3 is 0 Å². The van der Waals surface area contributed by atoms with Crippen molar-refractivity contribution in [1.82, 2.24) is 28.6 Å². The van der Waals surface area contributed by atoms with E-state index in [0.717, 1.165) is 17.5 Å². The van der Waals surface area contributed by atoms with Gasteiger partial charge in [0.1, 0.15) is 11.6 Å². The molecule has 1 fully saturated rings. The largest absolute Gasteiger partial charge is 0.296 e. The number of nitrogens with zero attached hydrogens (tertiary/aromatic N) is 5. The minimum Gasteiger partial charge on any atom is -0.296 e. The summed E-state index contributed by atoms with van der Waals surface area (Å²) < 4.78 is 98.9. The molecular weight excluding hydrogens is 692 g/mol. The van der Waals surface area contributed by atoms with E-state index in [1.807, 2.05) is 0 Å². The molecule has 3 aromatic heterocycles. The van der Waals surface area contributed by atoms with Crippen LogP contribution in [0.1, 0.15) is 47.9 Å². The average Bonchev–Trinajstić information content (AvgIpc) is 3.26. The smallest absolute Gasteiger partial charge is 0.245 e. The van der Waals surface area contributed by atoms with E-state index in [2.05, 4.69) is 19.9 Å². The lowest BCUT2D eigenvalue weighted by atomic mass is 9.99. The normalized spacial score (nSPS) is 19.0. The van der Waals surface area contributed by atoms with E-state index in [9.17, 15) is 25.6 Å². The van der Waals surface area contributed by atoms with Gasteiger partial charge in [-0.25, -0.2) is 39.7 Å². The van der Waals surface area contributed by atoms with Crippen LogP contribution in [0.2, 0.25) is 0 Å². The summed E-state index contributed by atoms with van der Waals surface area (Å²) in [4.78, 5) is 3.59. The number of alkyl halides is 3. The third kappa shape index (κ3) is 5.25. The van der Waals surface area contributed by atoms with Gasteiger partial charge in [0.25, 0.3) is 0 Å². The van der Waals surface area contributed by atoms with Crippen molar-refractivity contribution in [2.75, 3.05) is 19.8 Å². The van der Waals surface area contributed by atoms with Crippen LogP contribution in [-0.2, 0) is 20.0 Å². The number of rotatable bonds is 9. The Bertz CT molecular complexity index is 1680. The van der Waals surface area contributed by atoms with Crippen LogP contribution in [0.25, 0.3) is 21.9 Å². The van der Waals surface area contributed by atoms with E-state index in [4.69, 9.17) is 0 Å². The Labute approximate surface area is 241 Å². The second kappa shape index (κ2) is 10.3. The van der Waals surface area contributed by atoms with Crippen LogP contribution < -0.4 is 4.72 Å². The zero-order valence-corrected chi connectivity index (χ0v) is 25.3. The predicted octanol–water partition coefficient (Wildman–Crippen LogP) is 4.00. The second-order valence-corrected chi connectivity index (χ2v) is 16.0. The van der Waals surface area contributed by atoms with E-state index >= 15 is 4.39 Å². The SMILES string of the molecule is CC(C)S(=O)(=O)N1CC=C(c2c(F)c(S(=O)(=O)NC3(CF)CC3)cn3c(-c4nnc(C(F)I)s4)ncc23)CC1. The summed E-state index contributed by atoms with van der Waals surface area (Å²) in [7, 11) is -8.07. The fourth-order valence-corrected chi connectivity index (χ4v) is 8.25. The summed E-state index contributed by atoms with van der Waals surface area (Å²) in [5.74, 6) is -0.938. The second-order valence-electron chi connectivity index (χ2n) is 9.72. The first-order valence-corrected chi connectivity index (χ1v) is 16.9. The van der Waals surface area contributed by atoms with Crippen molar-refractivity contribution in [3.63, 3.8) is 0 Å². The van der Waals surface area contributed by atoms with Crippen molar-refractivity contribution >= 4 is 65.1 Å². The molecule has 1 atom stereocenters. The predicted molar refractivity (Wildman–Crippen MR) is 148 cm³/mol. The van der Waals surface area contributed by atoms with E-state index in [1.54, 1.807) is 19.9 Å². The van der Waals surface area contributed by atoms with Gasteiger partial charge in [0.05, 0.1) is 22.5 Å². The van der Waals surface area contributed by atoms with Gasteiger partial charge in [0.2, 0.25) is 24.2 Å². The van der Waals surface area contributed by atoms with Crippen LogP contribution in [0.3, 0.4) is 0 Å². The van der Waals surface area contributed by atoms with Crippen molar-refractivity contribution in [3.05, 3.63) is 34.9 Å². The molecule has 1 aliphatic heterocycles. The number of sulfonamides is 2. The van der Waals surface area contributed by atoms with Crippen LogP contribution >= 0.6 is 33.9 Å². The van der Waals surface area contributed by atoms with Gasteiger partial charge >= 0.3 is 0 Å². The molecular formula is C22H24F3IN6O4S3. The van der Waals surface area contributed by atoms with Gasteiger partial charge in [-0.05, 0) is 61.3 Å². The number of aromatic nitrogens is 4. The number of imidazole rings is 1. The Morgan fingerprint density at radius 1 is 1.23 bits per heavy atom. The fraction of sp³-hybridized carbons (Fsp3) is 0.500. The Morgan fingerprint density at radius 3 is 2.49 bits per heavy atom. The summed E-state index contributed by atoms with van der Waals surface area (Å²) in [5, 5.41) is 7.40. The Hall–Kier alpha value is -1.67. The van der Waals surface area contributed by atoms with E-state index < -0.39 is 52.4 Å². The molecule has 1 saturated carbocycles. The molecule has 1 aliphatic carbocycles. The molecule has 39 heavy (non-hydrogen) atoms. The van der Waals surface area contributed by atoms with Crippen molar-refractivity contribution in [3.8, 4) is 10.8 Å². The monoisotopic (exact) mass is 716 g/mol. The maximum atomic E-state index is 16.2. The van der Waals surface area contributed by atoms with Crippen molar-refractivity contribution in [2.24, 2.45) is 0 Å². The molecule has 0 amide bonds. The summed E-state index contributed by atoms with van der Waals surface area (Å²) in [6.45, 7) is 2.26. The molecule has 0 bridgehead atoms. The third-order valence-corrected chi connectivity index (χ3v) is 12.5. The van der Waals surface area contributed by atoms with Crippen LogP contribution in [0.4, 0.5) is 13.2 Å². The zero-order valence-electron chi connectivity index (χ0n) is 20.7. The minimum atomic E-state index is -4.52. The third-order valence-electron chi connectivity index (χ3n) is 6.75. The maximum absolute atomic E-state index is 16.2. The topological polar surface area (TPSA) is 127 Å². The van der Waals surface area contributed by atoms with Gasteiger partial charge in [0.15, 0.2) is 21.7 Å². The lowest BCUT2D eigenvalue weighted by Gasteiger charge is -2.28. The molecule has 4 heterocycles. The number of hydrogen-bond donors (Lipinski definition) is 1. The number of halogens is 4. The highest BCUT2D eigenvalue weighted by atomic mass is 127. The zero-order chi connectivity index (χ0) is 28.3. The van der Waals surface area contributed by atoms with E-state index in [1.165, 1.54) is 37.5 Å². The fourth-order valence-electron chi connectivity index (χ4n) is 4.31. The van der Waals surface area contributed by atoms with Gasteiger partial charge in [-0.3, -0.25) is 4.40 Å². The summed E-state index contributed by atoms with van der Waals surface area (Å²) in [5.41, 5.74) is -0.719. The lowest BCUT2D eigenvalue weighted by Crippen LogP contribution is -2.39.